The summed E-state index contributed by atoms with van der Waals surface area (Å²) in [6, 6.07) is 4.11. The van der Waals surface area contributed by atoms with Gasteiger partial charge in [-0.25, -0.2) is 0 Å². The molecule has 3 saturated carbocycles. The molecule has 1 saturated heterocycles. The van der Waals surface area contributed by atoms with Crippen molar-refractivity contribution in [3.05, 3.63) is 35.3 Å². The van der Waals surface area contributed by atoms with E-state index in [1.807, 2.05) is 13.0 Å². The second kappa shape index (κ2) is 7.71. The monoisotopic (exact) mass is 482 g/mol. The van der Waals surface area contributed by atoms with Crippen molar-refractivity contribution in [3.8, 4) is 0 Å². The van der Waals surface area contributed by atoms with Gasteiger partial charge in [-0.05, 0) is 80.8 Å². The van der Waals surface area contributed by atoms with E-state index in [-0.39, 0.29) is 46.6 Å². The summed E-state index contributed by atoms with van der Waals surface area (Å²) >= 11 is 0. The molecule has 6 rings (SSSR count). The normalized spacial score (nSPS) is 46.4. The van der Waals surface area contributed by atoms with E-state index in [4.69, 9.17) is 13.9 Å². The maximum Gasteiger partial charge on any atom is 0.306 e. The van der Waals surface area contributed by atoms with Crippen LogP contribution >= 0.6 is 0 Å². The summed E-state index contributed by atoms with van der Waals surface area (Å²) in [5.41, 5.74) is 0.429. The molecule has 0 amide bonds. The molecular formula is C29H38O6. The second-order valence-electron chi connectivity index (χ2n) is 12.5. The fraction of sp³-hybridized carbons (Fsp3) is 0.724. The maximum atomic E-state index is 12.3. The summed E-state index contributed by atoms with van der Waals surface area (Å²) in [4.78, 5) is 24.0. The van der Waals surface area contributed by atoms with Crippen molar-refractivity contribution < 1.29 is 28.6 Å². The molecule has 35 heavy (non-hydrogen) atoms. The van der Waals surface area contributed by atoms with E-state index in [2.05, 4.69) is 26.0 Å². The number of hydrogen-bond acceptors (Lipinski definition) is 6. The minimum Gasteiger partial charge on any atom is -0.466 e. The zero-order valence-electron chi connectivity index (χ0n) is 21.3. The van der Waals surface area contributed by atoms with Gasteiger partial charge in [0.25, 0.3) is 0 Å². The number of aliphatic hydroxyl groups is 1. The van der Waals surface area contributed by atoms with Crippen molar-refractivity contribution in [1.29, 1.82) is 0 Å². The van der Waals surface area contributed by atoms with Crippen molar-refractivity contribution in [2.24, 2.45) is 28.6 Å². The first-order chi connectivity index (χ1) is 16.6. The Morgan fingerprint density at radius 3 is 2.63 bits per heavy atom. The third-order valence-corrected chi connectivity index (χ3v) is 10.8. The predicted molar refractivity (Wildman–Crippen MR) is 128 cm³/mol. The Morgan fingerprint density at radius 1 is 1.17 bits per heavy atom. The molecule has 2 heterocycles. The number of esters is 2. The molecule has 0 bridgehead atoms. The summed E-state index contributed by atoms with van der Waals surface area (Å²) in [7, 11) is 0. The van der Waals surface area contributed by atoms with E-state index >= 15 is 0 Å². The maximum absolute atomic E-state index is 12.3. The van der Waals surface area contributed by atoms with Crippen LogP contribution in [0.3, 0.4) is 0 Å². The summed E-state index contributed by atoms with van der Waals surface area (Å²) < 4.78 is 18.0. The zero-order valence-corrected chi connectivity index (χ0v) is 21.3. The highest BCUT2D eigenvalue weighted by Gasteiger charge is 2.70. The first-order valence-electron chi connectivity index (χ1n) is 13.4. The Morgan fingerprint density at radius 2 is 1.97 bits per heavy atom. The SMILES string of the molecule is CC(=O)OC1CCC2(C)C(=C[C@@H](c3ccc(C)o3)[C@@H]3C2[C@H](O)CC2(C)[C@H]3CCC23CCC(=O)O3)C1. The van der Waals surface area contributed by atoms with Gasteiger partial charge in [0.1, 0.15) is 23.2 Å². The van der Waals surface area contributed by atoms with Gasteiger partial charge in [0.2, 0.25) is 0 Å². The number of carbonyl (C=O) groups is 2. The Labute approximate surface area is 207 Å². The van der Waals surface area contributed by atoms with Gasteiger partial charge in [0.05, 0.1) is 6.10 Å². The molecule has 9 atom stereocenters. The lowest BCUT2D eigenvalue weighted by Gasteiger charge is -2.62. The molecule has 1 N–H and O–H groups in total. The summed E-state index contributed by atoms with van der Waals surface area (Å²) in [5, 5.41) is 11.9. The van der Waals surface area contributed by atoms with Gasteiger partial charge in [-0.3, -0.25) is 9.59 Å². The minimum absolute atomic E-state index is 0.0411. The van der Waals surface area contributed by atoms with Crippen LogP contribution in [-0.4, -0.2) is 34.9 Å². The molecular weight excluding hydrogens is 444 g/mol. The van der Waals surface area contributed by atoms with Gasteiger partial charge < -0.3 is 19.0 Å². The lowest BCUT2D eigenvalue weighted by atomic mass is 9.44. The minimum atomic E-state index is -0.493. The molecule has 6 heteroatoms. The van der Waals surface area contributed by atoms with E-state index in [1.165, 1.54) is 12.5 Å². The Balaban J connectivity index is 1.46. The largest absolute Gasteiger partial charge is 0.466 e. The molecule has 5 unspecified atom stereocenters. The highest BCUT2D eigenvalue weighted by molar-refractivity contribution is 5.72. The van der Waals surface area contributed by atoms with Crippen molar-refractivity contribution in [2.75, 3.05) is 0 Å². The van der Waals surface area contributed by atoms with Crippen molar-refractivity contribution in [3.63, 3.8) is 0 Å². The number of rotatable bonds is 2. The number of ether oxygens (including phenoxy) is 2. The van der Waals surface area contributed by atoms with Crippen LogP contribution in [0.15, 0.2) is 28.2 Å². The van der Waals surface area contributed by atoms with Gasteiger partial charge in [0, 0.05) is 31.1 Å². The van der Waals surface area contributed by atoms with Gasteiger partial charge in [-0.1, -0.05) is 25.5 Å². The van der Waals surface area contributed by atoms with E-state index in [0.717, 1.165) is 43.6 Å². The third-order valence-electron chi connectivity index (χ3n) is 10.8. The van der Waals surface area contributed by atoms with E-state index in [9.17, 15) is 14.7 Å². The summed E-state index contributed by atoms with van der Waals surface area (Å²) in [6.45, 7) is 8.04. The Kier molecular flexibility index (Phi) is 5.14. The van der Waals surface area contributed by atoms with Crippen LogP contribution < -0.4 is 0 Å². The third kappa shape index (κ3) is 3.24. The molecule has 1 aromatic heterocycles. The molecule has 1 aliphatic heterocycles. The second-order valence-corrected chi connectivity index (χ2v) is 12.5. The number of aliphatic hydroxyl groups excluding tert-OH is 1. The first-order valence-corrected chi connectivity index (χ1v) is 13.4. The first kappa shape index (κ1) is 23.3. The number of furan rings is 1. The van der Waals surface area contributed by atoms with Crippen LogP contribution in [0.1, 0.15) is 89.6 Å². The van der Waals surface area contributed by atoms with Crippen LogP contribution in [0.5, 0.6) is 0 Å². The van der Waals surface area contributed by atoms with E-state index < -0.39 is 11.7 Å². The number of carbonyl (C=O) groups excluding carboxylic acids is 2. The highest BCUT2D eigenvalue weighted by atomic mass is 16.6. The number of hydrogen-bond donors (Lipinski definition) is 1. The average Bonchev–Trinajstić information content (AvgIpc) is 3.45. The van der Waals surface area contributed by atoms with Crippen LogP contribution in [0.4, 0.5) is 0 Å². The molecule has 1 spiro atoms. The van der Waals surface area contributed by atoms with Crippen LogP contribution in [0.25, 0.3) is 0 Å². The van der Waals surface area contributed by atoms with Crippen LogP contribution in [0, 0.1) is 35.5 Å². The molecule has 4 fully saturated rings. The van der Waals surface area contributed by atoms with Crippen LogP contribution in [0.2, 0.25) is 0 Å². The summed E-state index contributed by atoms with van der Waals surface area (Å²) in [5.74, 6) is 2.16. The smallest absolute Gasteiger partial charge is 0.306 e. The molecule has 0 aromatic carbocycles. The van der Waals surface area contributed by atoms with Gasteiger partial charge in [-0.2, -0.15) is 0 Å². The standard InChI is InChI=1S/C29H38O6/c1-16-5-6-23(33-16)20-14-18-13-19(34-17(2)30)7-10-27(18,3)26-22(31)15-28(4)21(25(20)26)8-11-29(28)12-9-24(32)35-29/h5-6,14,19-22,25-26,31H,7-13,15H2,1-4H3/t19?,20-,21-,22+,25-,26?,27?,28?,29?/m0/s1. The van der Waals surface area contributed by atoms with Crippen molar-refractivity contribution in [1.82, 2.24) is 0 Å². The lowest BCUT2D eigenvalue weighted by molar-refractivity contribution is -0.186. The lowest BCUT2D eigenvalue weighted by Crippen LogP contribution is -2.61. The van der Waals surface area contributed by atoms with Gasteiger partial charge in [-0.15, -0.1) is 0 Å². The van der Waals surface area contributed by atoms with Crippen molar-refractivity contribution >= 4 is 11.9 Å². The number of allylic oxidation sites excluding steroid dienone is 1. The molecule has 190 valence electrons. The van der Waals surface area contributed by atoms with E-state index in [0.29, 0.717) is 25.2 Å². The topological polar surface area (TPSA) is 86.0 Å². The highest BCUT2D eigenvalue weighted by Crippen LogP contribution is 2.71. The molecule has 4 aliphatic carbocycles. The average molecular weight is 483 g/mol. The molecule has 5 aliphatic rings. The predicted octanol–water partition coefficient (Wildman–Crippen LogP) is 5.22. The van der Waals surface area contributed by atoms with Crippen LogP contribution in [-0.2, 0) is 19.1 Å². The quantitative estimate of drug-likeness (QED) is 0.459. The number of fused-ring (bicyclic) bond motifs is 6. The van der Waals surface area contributed by atoms with Gasteiger partial charge >= 0.3 is 11.9 Å². The van der Waals surface area contributed by atoms with Gasteiger partial charge in [0.15, 0.2) is 0 Å². The Bertz CT molecular complexity index is 1090. The summed E-state index contributed by atoms with van der Waals surface area (Å²) in [6.07, 6.45) is 7.98. The molecule has 6 nitrogen and oxygen atoms in total. The molecule has 0 radical (unpaired) electrons. The molecule has 1 aromatic rings. The zero-order chi connectivity index (χ0) is 24.8. The fourth-order valence-corrected chi connectivity index (χ4v) is 9.29. The van der Waals surface area contributed by atoms with E-state index in [1.54, 1.807) is 0 Å². The fourth-order valence-electron chi connectivity index (χ4n) is 9.29. The van der Waals surface area contributed by atoms with Crippen molar-refractivity contribution in [2.45, 2.75) is 103 Å². The Hall–Kier alpha value is -2.08. The number of aryl methyl sites for hydroxylation is 1.